The van der Waals surface area contributed by atoms with E-state index in [9.17, 15) is 13.9 Å². The van der Waals surface area contributed by atoms with Crippen molar-refractivity contribution in [3.8, 4) is 5.75 Å². The van der Waals surface area contributed by atoms with Gasteiger partial charge in [0, 0.05) is 37.2 Å². The van der Waals surface area contributed by atoms with Crippen LogP contribution in [0.2, 0.25) is 0 Å². The maximum absolute atomic E-state index is 13.9. The van der Waals surface area contributed by atoms with Crippen LogP contribution in [0.25, 0.3) is 0 Å². The number of ether oxygens (including phenoxy) is 1. The number of nitrogens with zero attached hydrogens (tertiary/aromatic N) is 2. The van der Waals surface area contributed by atoms with Crippen molar-refractivity contribution in [2.24, 2.45) is 0 Å². The highest BCUT2D eigenvalue weighted by Crippen LogP contribution is 2.29. The number of hydrogen-bond donors (Lipinski definition) is 1. The van der Waals surface area contributed by atoms with Crippen molar-refractivity contribution in [3.63, 3.8) is 0 Å². The number of hydrogen-bond acceptors (Lipinski definition) is 4. The molecule has 0 radical (unpaired) electrons. The Balaban J connectivity index is 1.33. The molecule has 0 aliphatic carbocycles. The lowest BCUT2D eigenvalue weighted by molar-refractivity contribution is 0.0384. The van der Waals surface area contributed by atoms with Crippen molar-refractivity contribution in [2.45, 2.75) is 12.1 Å². The van der Waals surface area contributed by atoms with Gasteiger partial charge in [0.15, 0.2) is 17.4 Å². The highest BCUT2D eigenvalue weighted by molar-refractivity contribution is 9.10. The number of aliphatic hydroxyl groups is 1. The third kappa shape index (κ3) is 6.18. The zero-order valence-corrected chi connectivity index (χ0v) is 19.8. The third-order valence-electron chi connectivity index (χ3n) is 5.85. The molecule has 1 heterocycles. The van der Waals surface area contributed by atoms with Gasteiger partial charge in [-0.3, -0.25) is 9.80 Å². The molecule has 0 aromatic heterocycles. The van der Waals surface area contributed by atoms with E-state index in [0.29, 0.717) is 11.0 Å². The molecule has 7 heteroatoms. The Kier molecular flexibility index (Phi) is 8.09. The molecule has 0 spiro atoms. The van der Waals surface area contributed by atoms with Gasteiger partial charge in [0.25, 0.3) is 0 Å². The monoisotopic (exact) mass is 516 g/mol. The van der Waals surface area contributed by atoms with Crippen LogP contribution in [0.4, 0.5) is 8.78 Å². The van der Waals surface area contributed by atoms with E-state index < -0.39 is 23.5 Å². The molecule has 1 atom stereocenters. The molecule has 1 aliphatic heterocycles. The van der Waals surface area contributed by atoms with Gasteiger partial charge >= 0.3 is 0 Å². The Morgan fingerprint density at radius 3 is 1.88 bits per heavy atom. The summed E-state index contributed by atoms with van der Waals surface area (Å²) < 4.78 is 33.4. The van der Waals surface area contributed by atoms with E-state index in [1.54, 1.807) is 0 Å². The molecule has 1 aliphatic rings. The Hall–Kier alpha value is -2.32. The van der Waals surface area contributed by atoms with Gasteiger partial charge < -0.3 is 9.84 Å². The van der Waals surface area contributed by atoms with Crippen LogP contribution < -0.4 is 4.74 Å². The summed E-state index contributed by atoms with van der Waals surface area (Å²) in [5.41, 5.74) is 2.51. The Labute approximate surface area is 201 Å². The minimum atomic E-state index is -0.849. The molecule has 33 heavy (non-hydrogen) atoms. The van der Waals surface area contributed by atoms with Gasteiger partial charge in [0.2, 0.25) is 0 Å². The maximum Gasteiger partial charge on any atom is 0.190 e. The standard InChI is InChI=1S/C26H27BrF2N2O2/c27-21-15-23(28)26(24(29)16-21)33-18-22(32)17-30-11-13-31(14-12-30)25(19-7-3-1-4-8-19)20-9-5-2-6-10-20/h1-10,15-16,22,25,32H,11-14,17-18H2/t22-/m0/s1. The summed E-state index contributed by atoms with van der Waals surface area (Å²) in [6.07, 6.45) is -0.849. The largest absolute Gasteiger partial charge is 0.485 e. The van der Waals surface area contributed by atoms with E-state index in [0.717, 1.165) is 38.3 Å². The minimum Gasteiger partial charge on any atom is -0.485 e. The minimum absolute atomic E-state index is 0.172. The van der Waals surface area contributed by atoms with E-state index in [4.69, 9.17) is 4.74 Å². The van der Waals surface area contributed by atoms with E-state index in [2.05, 4.69) is 74.3 Å². The number of halogens is 3. The van der Waals surface area contributed by atoms with Crippen molar-refractivity contribution in [2.75, 3.05) is 39.3 Å². The molecule has 0 unspecified atom stereocenters. The lowest BCUT2D eigenvalue weighted by Gasteiger charge is -2.40. The molecule has 0 bridgehead atoms. The average molecular weight is 517 g/mol. The Morgan fingerprint density at radius 2 is 1.36 bits per heavy atom. The predicted octanol–water partition coefficient (Wildman–Crippen LogP) is 4.87. The summed E-state index contributed by atoms with van der Waals surface area (Å²) in [5, 5.41) is 10.4. The second-order valence-electron chi connectivity index (χ2n) is 8.22. The SMILES string of the molecule is O[C@H](COc1c(F)cc(Br)cc1F)CN1CCN(C(c2ccccc2)c2ccccc2)CC1. The number of aliphatic hydroxyl groups excluding tert-OH is 1. The smallest absolute Gasteiger partial charge is 0.190 e. The van der Waals surface area contributed by atoms with Crippen molar-refractivity contribution in [3.05, 3.63) is 100 Å². The van der Waals surface area contributed by atoms with Crippen LogP contribution in [0.5, 0.6) is 5.75 Å². The fourth-order valence-electron chi connectivity index (χ4n) is 4.29. The first-order valence-electron chi connectivity index (χ1n) is 11.0. The van der Waals surface area contributed by atoms with E-state index in [1.165, 1.54) is 11.1 Å². The zero-order chi connectivity index (χ0) is 23.2. The van der Waals surface area contributed by atoms with Crippen LogP contribution in [0.15, 0.2) is 77.3 Å². The molecule has 3 aromatic rings. The first kappa shape index (κ1) is 23.8. The highest BCUT2D eigenvalue weighted by atomic mass is 79.9. The summed E-state index contributed by atoms with van der Waals surface area (Å²) >= 11 is 3.04. The van der Waals surface area contributed by atoms with Gasteiger partial charge in [-0.15, -0.1) is 0 Å². The first-order chi connectivity index (χ1) is 16.0. The van der Waals surface area contributed by atoms with Crippen molar-refractivity contribution >= 4 is 15.9 Å². The molecule has 174 valence electrons. The molecule has 0 saturated carbocycles. The van der Waals surface area contributed by atoms with Gasteiger partial charge in [-0.2, -0.15) is 0 Å². The Morgan fingerprint density at radius 1 is 0.848 bits per heavy atom. The number of piperazine rings is 1. The molecule has 4 nitrogen and oxygen atoms in total. The molecule has 0 amide bonds. The second-order valence-corrected chi connectivity index (χ2v) is 9.14. The van der Waals surface area contributed by atoms with Crippen molar-refractivity contribution < 1.29 is 18.6 Å². The maximum atomic E-state index is 13.9. The number of β-amino-alcohol motifs (C(OH)–C–C–N with tert-alkyl or cyclic N) is 1. The van der Waals surface area contributed by atoms with Crippen LogP contribution in [-0.4, -0.2) is 60.3 Å². The molecule has 4 rings (SSSR count). The van der Waals surface area contributed by atoms with Crippen LogP contribution in [-0.2, 0) is 0 Å². The van der Waals surface area contributed by atoms with Crippen LogP contribution in [0.1, 0.15) is 17.2 Å². The third-order valence-corrected chi connectivity index (χ3v) is 6.31. The van der Waals surface area contributed by atoms with E-state index in [-0.39, 0.29) is 12.6 Å². The Bertz CT molecular complexity index is 968. The molecule has 3 aromatic carbocycles. The molecular formula is C26H27BrF2N2O2. The summed E-state index contributed by atoms with van der Waals surface area (Å²) in [6, 6.07) is 23.4. The van der Waals surface area contributed by atoms with Crippen LogP contribution in [0.3, 0.4) is 0 Å². The molecule has 1 saturated heterocycles. The van der Waals surface area contributed by atoms with Crippen LogP contribution >= 0.6 is 15.9 Å². The quantitative estimate of drug-likeness (QED) is 0.463. The van der Waals surface area contributed by atoms with Crippen LogP contribution in [0, 0.1) is 11.6 Å². The average Bonchev–Trinajstić information content (AvgIpc) is 2.81. The van der Waals surface area contributed by atoms with Gasteiger partial charge in [-0.05, 0) is 23.3 Å². The van der Waals surface area contributed by atoms with Crippen molar-refractivity contribution in [1.82, 2.24) is 9.80 Å². The lowest BCUT2D eigenvalue weighted by atomic mass is 9.96. The topological polar surface area (TPSA) is 35.9 Å². The fourth-order valence-corrected chi connectivity index (χ4v) is 4.69. The van der Waals surface area contributed by atoms with E-state index >= 15 is 0 Å². The number of rotatable bonds is 8. The normalized spacial score (nSPS) is 16.2. The number of benzene rings is 3. The molecule has 1 N–H and O–H groups in total. The van der Waals surface area contributed by atoms with Gasteiger partial charge in [0.1, 0.15) is 12.7 Å². The summed E-state index contributed by atoms with van der Waals surface area (Å²) in [4.78, 5) is 4.61. The van der Waals surface area contributed by atoms with Crippen molar-refractivity contribution in [1.29, 1.82) is 0 Å². The summed E-state index contributed by atoms with van der Waals surface area (Å²) in [7, 11) is 0. The van der Waals surface area contributed by atoms with Gasteiger partial charge in [-0.25, -0.2) is 8.78 Å². The molecular weight excluding hydrogens is 490 g/mol. The highest BCUT2D eigenvalue weighted by Gasteiger charge is 2.27. The molecule has 1 fully saturated rings. The zero-order valence-electron chi connectivity index (χ0n) is 18.2. The first-order valence-corrected chi connectivity index (χ1v) is 11.8. The van der Waals surface area contributed by atoms with Gasteiger partial charge in [-0.1, -0.05) is 76.6 Å². The summed E-state index contributed by atoms with van der Waals surface area (Å²) in [5.74, 6) is -2.05. The second kappa shape index (κ2) is 11.2. The predicted molar refractivity (Wildman–Crippen MR) is 128 cm³/mol. The van der Waals surface area contributed by atoms with E-state index in [1.807, 2.05) is 12.1 Å². The summed E-state index contributed by atoms with van der Waals surface area (Å²) in [6.45, 7) is 3.47. The fraction of sp³-hybridized carbons (Fsp3) is 0.308. The van der Waals surface area contributed by atoms with Gasteiger partial charge in [0.05, 0.1) is 6.04 Å². The lowest BCUT2D eigenvalue weighted by Crippen LogP contribution is -2.50.